The lowest BCUT2D eigenvalue weighted by Crippen LogP contribution is -2.45. The first kappa shape index (κ1) is 17.0. The highest BCUT2D eigenvalue weighted by atomic mass is 16.3. The maximum Gasteiger partial charge on any atom is 0.314 e. The molecule has 0 saturated heterocycles. The lowest BCUT2D eigenvalue weighted by molar-refractivity contribution is 0.0477. The molecule has 0 aliphatic rings. The van der Waals surface area contributed by atoms with Crippen molar-refractivity contribution in [3.8, 4) is 0 Å². The minimum atomic E-state index is -0.828. The average Bonchev–Trinajstić information content (AvgIpc) is 2.30. The summed E-state index contributed by atoms with van der Waals surface area (Å²) in [5, 5.41) is 15.5. The third-order valence-corrected chi connectivity index (χ3v) is 2.72. The van der Waals surface area contributed by atoms with Crippen LogP contribution in [0.3, 0.4) is 0 Å². The van der Waals surface area contributed by atoms with E-state index in [2.05, 4.69) is 24.5 Å². The van der Waals surface area contributed by atoms with E-state index in [1.54, 1.807) is 6.92 Å². The van der Waals surface area contributed by atoms with Crippen LogP contribution in [0.25, 0.3) is 0 Å². The Bertz CT molecular complexity index is 261. The first-order valence-electron chi connectivity index (χ1n) is 6.72. The number of nitrogens with one attached hydrogen (secondary N) is 2. The van der Waals surface area contributed by atoms with Crippen molar-refractivity contribution in [2.45, 2.75) is 52.6 Å². The molecule has 0 fully saturated rings. The van der Waals surface area contributed by atoms with E-state index in [0.29, 0.717) is 18.9 Å². The fraction of sp³-hybridized carbons (Fsp3) is 0.786. The molecule has 0 aromatic carbocycles. The number of carbonyl (C=O) groups is 1. The zero-order valence-electron chi connectivity index (χ0n) is 12.1. The number of hydrogen-bond acceptors (Lipinski definition) is 2. The molecular weight excluding hydrogens is 228 g/mol. The van der Waals surface area contributed by atoms with Gasteiger partial charge in [0.15, 0.2) is 0 Å². The van der Waals surface area contributed by atoms with Gasteiger partial charge >= 0.3 is 6.03 Å². The number of aliphatic hydroxyl groups is 1. The molecule has 0 aromatic heterocycles. The van der Waals surface area contributed by atoms with E-state index in [1.807, 2.05) is 19.1 Å². The molecule has 0 rings (SSSR count). The summed E-state index contributed by atoms with van der Waals surface area (Å²) in [5.74, 6) is 0.561. The molecule has 0 spiro atoms. The van der Waals surface area contributed by atoms with Crippen molar-refractivity contribution in [3.05, 3.63) is 12.2 Å². The van der Waals surface area contributed by atoms with Crippen molar-refractivity contribution >= 4 is 6.03 Å². The van der Waals surface area contributed by atoms with Gasteiger partial charge in [-0.1, -0.05) is 26.0 Å². The summed E-state index contributed by atoms with van der Waals surface area (Å²) < 4.78 is 0. The Morgan fingerprint density at radius 2 is 2.06 bits per heavy atom. The van der Waals surface area contributed by atoms with Crippen LogP contribution in [0.5, 0.6) is 0 Å². The Labute approximate surface area is 111 Å². The van der Waals surface area contributed by atoms with Gasteiger partial charge in [-0.25, -0.2) is 4.79 Å². The maximum atomic E-state index is 11.4. The fourth-order valence-corrected chi connectivity index (χ4v) is 1.46. The van der Waals surface area contributed by atoms with Gasteiger partial charge in [0, 0.05) is 13.1 Å². The van der Waals surface area contributed by atoms with Crippen LogP contribution < -0.4 is 10.6 Å². The van der Waals surface area contributed by atoms with E-state index in [4.69, 9.17) is 0 Å². The van der Waals surface area contributed by atoms with Crippen LogP contribution in [-0.4, -0.2) is 29.8 Å². The molecule has 1 atom stereocenters. The number of hydrogen-bond donors (Lipinski definition) is 3. The molecular formula is C14H28N2O2. The summed E-state index contributed by atoms with van der Waals surface area (Å²) in [6.07, 6.45) is 6.43. The summed E-state index contributed by atoms with van der Waals surface area (Å²) in [7, 11) is 0. The van der Waals surface area contributed by atoms with Gasteiger partial charge in [-0.05, 0) is 39.0 Å². The van der Waals surface area contributed by atoms with Crippen molar-refractivity contribution in [1.82, 2.24) is 10.6 Å². The maximum absolute atomic E-state index is 11.4. The molecule has 4 nitrogen and oxygen atoms in total. The van der Waals surface area contributed by atoms with Crippen molar-refractivity contribution < 1.29 is 9.90 Å². The van der Waals surface area contributed by atoms with Gasteiger partial charge in [-0.2, -0.15) is 0 Å². The molecule has 0 aliphatic carbocycles. The van der Waals surface area contributed by atoms with Gasteiger partial charge in [0.05, 0.1) is 5.60 Å². The second-order valence-electron chi connectivity index (χ2n) is 5.40. The molecule has 4 heteroatoms. The van der Waals surface area contributed by atoms with Crippen molar-refractivity contribution in [1.29, 1.82) is 0 Å². The predicted octanol–water partition coefficient (Wildman–Crippen LogP) is 2.44. The Balaban J connectivity index is 3.75. The van der Waals surface area contributed by atoms with Crippen molar-refractivity contribution in [2.24, 2.45) is 5.92 Å². The fourth-order valence-electron chi connectivity index (χ4n) is 1.46. The normalized spacial score (nSPS) is 14.8. The molecule has 3 N–H and O–H groups in total. The predicted molar refractivity (Wildman–Crippen MR) is 75.5 cm³/mol. The largest absolute Gasteiger partial charge is 0.388 e. The molecule has 18 heavy (non-hydrogen) atoms. The van der Waals surface area contributed by atoms with E-state index in [1.165, 1.54) is 0 Å². The third kappa shape index (κ3) is 10.1. The van der Waals surface area contributed by atoms with Crippen LogP contribution in [0.15, 0.2) is 12.2 Å². The Morgan fingerprint density at radius 1 is 1.39 bits per heavy atom. The lowest BCUT2D eigenvalue weighted by atomic mass is 9.95. The van der Waals surface area contributed by atoms with Crippen LogP contribution >= 0.6 is 0 Å². The van der Waals surface area contributed by atoms with E-state index >= 15 is 0 Å². The standard InChI is InChI=1S/C14H28N2O2/c1-5-6-7-10-15-13(17)16-11-14(4,18)9-8-12(2)3/h5-6,12,18H,7-11H2,1-4H3,(H2,15,16,17). The number of amides is 2. The van der Waals surface area contributed by atoms with Gasteiger partial charge in [0.1, 0.15) is 0 Å². The van der Waals surface area contributed by atoms with Crippen LogP contribution in [0.4, 0.5) is 4.79 Å². The molecule has 106 valence electrons. The molecule has 0 radical (unpaired) electrons. The summed E-state index contributed by atoms with van der Waals surface area (Å²) in [4.78, 5) is 11.4. The SMILES string of the molecule is CC=CCCNC(=O)NCC(C)(O)CCC(C)C. The zero-order valence-corrected chi connectivity index (χ0v) is 12.1. The number of urea groups is 1. The highest BCUT2D eigenvalue weighted by molar-refractivity contribution is 5.73. The zero-order chi connectivity index (χ0) is 14.0. The van der Waals surface area contributed by atoms with Gasteiger partial charge < -0.3 is 15.7 Å². The van der Waals surface area contributed by atoms with Crippen molar-refractivity contribution in [2.75, 3.05) is 13.1 Å². The molecule has 0 saturated carbocycles. The topological polar surface area (TPSA) is 61.4 Å². The second kappa shape index (κ2) is 8.97. The monoisotopic (exact) mass is 256 g/mol. The lowest BCUT2D eigenvalue weighted by Gasteiger charge is -2.24. The number of rotatable bonds is 8. The summed E-state index contributed by atoms with van der Waals surface area (Å²) in [5.41, 5.74) is -0.828. The minimum Gasteiger partial charge on any atom is -0.388 e. The van der Waals surface area contributed by atoms with Gasteiger partial charge in [0.2, 0.25) is 0 Å². The first-order valence-corrected chi connectivity index (χ1v) is 6.72. The molecule has 1 unspecified atom stereocenters. The van der Waals surface area contributed by atoms with Crippen LogP contribution in [-0.2, 0) is 0 Å². The average molecular weight is 256 g/mol. The van der Waals surface area contributed by atoms with E-state index in [9.17, 15) is 9.90 Å². The molecule has 0 aromatic rings. The summed E-state index contributed by atoms with van der Waals surface area (Å²) in [6.45, 7) is 8.86. The highest BCUT2D eigenvalue weighted by Crippen LogP contribution is 2.15. The van der Waals surface area contributed by atoms with E-state index < -0.39 is 5.60 Å². The number of carbonyl (C=O) groups excluding carboxylic acids is 1. The van der Waals surface area contributed by atoms with Gasteiger partial charge in [-0.3, -0.25) is 0 Å². The quantitative estimate of drug-likeness (QED) is 0.461. The minimum absolute atomic E-state index is 0.218. The van der Waals surface area contributed by atoms with Gasteiger partial charge in [-0.15, -0.1) is 0 Å². The Kier molecular flexibility index (Phi) is 8.46. The smallest absolute Gasteiger partial charge is 0.314 e. The van der Waals surface area contributed by atoms with Crippen LogP contribution in [0, 0.1) is 5.92 Å². The Morgan fingerprint density at radius 3 is 2.61 bits per heavy atom. The molecule has 0 bridgehead atoms. The molecule has 0 aliphatic heterocycles. The van der Waals surface area contributed by atoms with Crippen LogP contribution in [0.1, 0.15) is 47.0 Å². The summed E-state index contributed by atoms with van der Waals surface area (Å²) >= 11 is 0. The number of allylic oxidation sites excluding steroid dienone is 1. The van der Waals surface area contributed by atoms with Gasteiger partial charge in [0.25, 0.3) is 0 Å². The first-order chi connectivity index (χ1) is 8.37. The Hall–Kier alpha value is -1.03. The third-order valence-electron chi connectivity index (χ3n) is 2.72. The molecule has 0 heterocycles. The molecule has 2 amide bonds. The highest BCUT2D eigenvalue weighted by Gasteiger charge is 2.21. The van der Waals surface area contributed by atoms with Crippen LogP contribution in [0.2, 0.25) is 0 Å². The van der Waals surface area contributed by atoms with E-state index in [-0.39, 0.29) is 12.6 Å². The summed E-state index contributed by atoms with van der Waals surface area (Å²) in [6, 6.07) is -0.218. The second-order valence-corrected chi connectivity index (χ2v) is 5.40. The van der Waals surface area contributed by atoms with Crippen molar-refractivity contribution in [3.63, 3.8) is 0 Å². The van der Waals surface area contributed by atoms with E-state index in [0.717, 1.165) is 12.8 Å².